The van der Waals surface area contributed by atoms with E-state index >= 15 is 0 Å². The van der Waals surface area contributed by atoms with E-state index < -0.39 is 0 Å². The summed E-state index contributed by atoms with van der Waals surface area (Å²) >= 11 is 0. The van der Waals surface area contributed by atoms with Gasteiger partial charge in [-0.15, -0.1) is 0 Å². The Morgan fingerprint density at radius 3 is 1.29 bits per heavy atom. The third-order valence-corrected chi connectivity index (χ3v) is 1.62. The van der Waals surface area contributed by atoms with Crippen LogP contribution in [0.15, 0.2) is 0 Å². The maximum atomic E-state index is 3.31. The van der Waals surface area contributed by atoms with Crippen LogP contribution in [0.4, 0.5) is 0 Å². The van der Waals surface area contributed by atoms with Gasteiger partial charge in [0.2, 0.25) is 0 Å². The molecule has 1 saturated heterocycles. The van der Waals surface area contributed by atoms with Gasteiger partial charge in [0.05, 0.1) is 0 Å². The van der Waals surface area contributed by atoms with E-state index in [1.807, 2.05) is 0 Å². The molecule has 1 aliphatic heterocycles. The second-order valence-corrected chi connectivity index (χ2v) is 3.93. The molecule has 0 spiro atoms. The summed E-state index contributed by atoms with van der Waals surface area (Å²) in [6.45, 7) is 11.1. The van der Waals surface area contributed by atoms with Crippen molar-refractivity contribution in [3.63, 3.8) is 0 Å². The molecule has 1 heterocycles. The molecular weight excluding hydrogens is 162 g/mol. The summed E-state index contributed by atoms with van der Waals surface area (Å²) in [7, 11) is 0. The molecule has 0 unspecified atom stereocenters. The first-order valence-electron chi connectivity index (χ1n) is 5.09. The van der Waals surface area contributed by atoms with Crippen LogP contribution in [0.3, 0.4) is 0 Å². The second kappa shape index (κ2) is 14.1. The van der Waals surface area contributed by atoms with Gasteiger partial charge in [0.15, 0.2) is 0 Å². The summed E-state index contributed by atoms with van der Waals surface area (Å²) in [5.74, 6) is 0. The van der Waals surface area contributed by atoms with Crippen molar-refractivity contribution in [1.82, 2.24) is 10.6 Å². The van der Waals surface area contributed by atoms with E-state index in [4.69, 9.17) is 0 Å². The monoisotopic (exact) mass is 188 g/mol. The zero-order valence-corrected chi connectivity index (χ0v) is 8.98. The van der Waals surface area contributed by atoms with Crippen LogP contribution >= 0.6 is 0 Å². The van der Waals surface area contributed by atoms with Crippen molar-refractivity contribution >= 4 is 37.7 Å². The minimum atomic E-state index is 0. The number of hydrogen-bond donors (Lipinski definition) is 2. The van der Waals surface area contributed by atoms with Crippen LogP contribution in [0.5, 0.6) is 0 Å². The topological polar surface area (TPSA) is 24.1 Å². The van der Waals surface area contributed by atoms with Gasteiger partial charge in [0.1, 0.15) is 0 Å². The van der Waals surface area contributed by atoms with E-state index in [2.05, 4.69) is 38.3 Å². The Hall–Kier alpha value is 1.11. The molecule has 2 N–H and O–H groups in total. The standard InChI is InChI=1S/C6H15N.C4H9N.2Li.2H/c1-5(2)7-6(3)4;1-2-4-5-3-1;;;;/h5-7H,1-4H3;5H,1-4H2;;;;. The predicted octanol–water partition coefficient (Wildman–Crippen LogP) is 0.466. The van der Waals surface area contributed by atoms with Crippen LogP contribution in [0.2, 0.25) is 0 Å². The Labute approximate surface area is 114 Å². The van der Waals surface area contributed by atoms with Gasteiger partial charge in [-0.1, -0.05) is 27.7 Å². The Morgan fingerprint density at radius 2 is 1.21 bits per heavy atom. The molecule has 4 heteroatoms. The average Bonchev–Trinajstić information content (AvgIpc) is 2.36. The van der Waals surface area contributed by atoms with Gasteiger partial charge in [-0.2, -0.15) is 0 Å². The fourth-order valence-corrected chi connectivity index (χ4v) is 1.29. The molecule has 0 aromatic rings. The van der Waals surface area contributed by atoms with Crippen molar-refractivity contribution in [1.29, 1.82) is 0 Å². The summed E-state index contributed by atoms with van der Waals surface area (Å²) in [5.41, 5.74) is 0. The molecule has 0 aromatic heterocycles. The van der Waals surface area contributed by atoms with Crippen molar-refractivity contribution in [2.24, 2.45) is 0 Å². The van der Waals surface area contributed by atoms with E-state index in [9.17, 15) is 0 Å². The van der Waals surface area contributed by atoms with Gasteiger partial charge < -0.3 is 10.6 Å². The molecule has 0 bridgehead atoms. The summed E-state index contributed by atoms with van der Waals surface area (Å²) in [6.07, 6.45) is 2.78. The van der Waals surface area contributed by atoms with E-state index in [1.165, 1.54) is 25.9 Å². The molecular formula is C10H26Li2N2. The summed E-state index contributed by atoms with van der Waals surface area (Å²) in [6, 6.07) is 1.25. The fraction of sp³-hybridized carbons (Fsp3) is 1.00. The number of hydrogen-bond acceptors (Lipinski definition) is 2. The molecule has 0 radical (unpaired) electrons. The van der Waals surface area contributed by atoms with E-state index in [0.717, 1.165) is 0 Å². The first-order chi connectivity index (χ1) is 5.63. The summed E-state index contributed by atoms with van der Waals surface area (Å²) in [4.78, 5) is 0. The van der Waals surface area contributed by atoms with Crippen molar-refractivity contribution in [3.8, 4) is 0 Å². The van der Waals surface area contributed by atoms with Crippen molar-refractivity contribution < 1.29 is 0 Å². The van der Waals surface area contributed by atoms with Crippen LogP contribution in [0.25, 0.3) is 0 Å². The van der Waals surface area contributed by atoms with Gasteiger partial charge >= 0.3 is 37.7 Å². The fourth-order valence-electron chi connectivity index (χ4n) is 1.29. The van der Waals surface area contributed by atoms with E-state index in [-0.39, 0.29) is 37.7 Å². The Balaban J connectivity index is -0.000000155. The van der Waals surface area contributed by atoms with Gasteiger partial charge in [-0.3, -0.25) is 0 Å². The summed E-state index contributed by atoms with van der Waals surface area (Å²) < 4.78 is 0. The van der Waals surface area contributed by atoms with Gasteiger partial charge in [0.25, 0.3) is 0 Å². The van der Waals surface area contributed by atoms with Crippen LogP contribution in [0, 0.1) is 0 Å². The first-order valence-corrected chi connectivity index (χ1v) is 5.09. The zero-order valence-electron chi connectivity index (χ0n) is 8.98. The van der Waals surface area contributed by atoms with Crippen molar-refractivity contribution in [2.45, 2.75) is 52.6 Å². The molecule has 0 aliphatic carbocycles. The molecule has 1 fully saturated rings. The maximum absolute atomic E-state index is 3.31. The molecule has 0 saturated carbocycles. The molecule has 1 aliphatic rings. The zero-order chi connectivity index (χ0) is 9.40. The van der Waals surface area contributed by atoms with Crippen LogP contribution in [-0.2, 0) is 0 Å². The summed E-state index contributed by atoms with van der Waals surface area (Å²) in [5, 5.41) is 6.53. The third-order valence-electron chi connectivity index (χ3n) is 1.62. The van der Waals surface area contributed by atoms with E-state index in [1.54, 1.807) is 0 Å². The number of rotatable bonds is 2. The van der Waals surface area contributed by atoms with Crippen molar-refractivity contribution in [2.75, 3.05) is 13.1 Å². The Morgan fingerprint density at radius 1 is 0.857 bits per heavy atom. The normalized spacial score (nSPS) is 14.1. The molecule has 14 heavy (non-hydrogen) atoms. The van der Waals surface area contributed by atoms with Gasteiger partial charge in [-0.25, -0.2) is 0 Å². The molecule has 0 atom stereocenters. The Bertz CT molecular complexity index is 80.5. The van der Waals surface area contributed by atoms with Gasteiger partial charge in [0, 0.05) is 12.1 Å². The van der Waals surface area contributed by atoms with Crippen LogP contribution < -0.4 is 10.6 Å². The molecule has 0 aromatic carbocycles. The van der Waals surface area contributed by atoms with E-state index in [0.29, 0.717) is 12.1 Å². The Kier molecular flexibility index (Phi) is 20.7. The van der Waals surface area contributed by atoms with Crippen LogP contribution in [0.1, 0.15) is 40.5 Å². The second-order valence-electron chi connectivity index (χ2n) is 3.93. The molecule has 1 rings (SSSR count). The minimum absolute atomic E-state index is 0. The molecule has 2 nitrogen and oxygen atoms in total. The molecule has 0 amide bonds. The van der Waals surface area contributed by atoms with Crippen molar-refractivity contribution in [3.05, 3.63) is 0 Å². The quantitative estimate of drug-likeness (QED) is 0.615. The van der Waals surface area contributed by atoms with Crippen LogP contribution in [-0.4, -0.2) is 62.9 Å². The van der Waals surface area contributed by atoms with Gasteiger partial charge in [-0.05, 0) is 25.9 Å². The predicted molar refractivity (Wildman–Crippen MR) is 69.8 cm³/mol. The molecule has 78 valence electrons. The first kappa shape index (κ1) is 20.5. The number of nitrogens with one attached hydrogen (secondary N) is 2. The average molecular weight is 188 g/mol. The third kappa shape index (κ3) is 18.8. The SMILES string of the molecule is C1CCNC1.CC(C)NC(C)C.[LiH].[LiH].